The lowest BCUT2D eigenvalue weighted by Crippen LogP contribution is -2.42. The fourth-order valence-corrected chi connectivity index (χ4v) is 5.29. The van der Waals surface area contributed by atoms with Crippen LogP contribution in [0.25, 0.3) is 0 Å². The summed E-state index contributed by atoms with van der Waals surface area (Å²) in [5.41, 5.74) is 1.97. The van der Waals surface area contributed by atoms with Crippen LogP contribution in [0, 0.1) is 0 Å². The van der Waals surface area contributed by atoms with Crippen molar-refractivity contribution >= 4 is 26.0 Å². The van der Waals surface area contributed by atoms with E-state index in [0.29, 0.717) is 5.56 Å². The smallest absolute Gasteiger partial charge is 0.216 e. The van der Waals surface area contributed by atoms with E-state index in [1.165, 1.54) is 24.6 Å². The number of carbonyl (C=O) groups is 1. The zero-order chi connectivity index (χ0) is 12.5. The third-order valence-electron chi connectivity index (χ3n) is 3.65. The molecule has 0 amide bonds. The number of carbonyl (C=O) groups excluding carboxylic acids is 1. The molecular weight excluding hydrogens is 246 g/mol. The molecule has 0 aromatic heterocycles. The fourth-order valence-electron chi connectivity index (χ4n) is 2.43. The van der Waals surface area contributed by atoms with Crippen LogP contribution in [0.3, 0.4) is 0 Å². The molecule has 1 aromatic rings. The van der Waals surface area contributed by atoms with Crippen LogP contribution in [0.15, 0.2) is 24.3 Å². The van der Waals surface area contributed by atoms with Crippen LogP contribution in [0.4, 0.5) is 0 Å². The van der Waals surface area contributed by atoms with Crippen molar-refractivity contribution in [1.29, 1.82) is 0 Å². The molecule has 1 heterocycles. The summed E-state index contributed by atoms with van der Waals surface area (Å²) >= 11 is 3.82. The molecule has 0 radical (unpaired) electrons. The van der Waals surface area contributed by atoms with Crippen molar-refractivity contribution in [3.05, 3.63) is 35.4 Å². The van der Waals surface area contributed by atoms with E-state index in [1.807, 2.05) is 24.3 Å². The minimum absolute atomic E-state index is 0.160. The fraction of sp³-hybridized carbons (Fsp3) is 0.462. The molecule has 2 rings (SSSR count). The Morgan fingerprint density at radius 1 is 1.35 bits per heavy atom. The van der Waals surface area contributed by atoms with Gasteiger partial charge in [0.2, 0.25) is 5.12 Å². The van der Waals surface area contributed by atoms with Gasteiger partial charge in [0.15, 0.2) is 0 Å². The average molecular weight is 265 g/mol. The summed E-state index contributed by atoms with van der Waals surface area (Å²) in [6, 6.07) is 9.24. The van der Waals surface area contributed by atoms with Gasteiger partial charge in [0, 0.05) is 12.1 Å². The highest BCUT2D eigenvalue weighted by atomic mass is 32.1. The molecule has 2 nitrogen and oxygen atoms in total. The van der Waals surface area contributed by atoms with Gasteiger partial charge in [-0.3, -0.25) is 4.79 Å². The first-order valence-corrected chi connectivity index (χ1v) is 9.66. The second-order valence-corrected chi connectivity index (χ2v) is 10.5. The van der Waals surface area contributed by atoms with E-state index in [2.05, 4.69) is 30.3 Å². The molecule has 17 heavy (non-hydrogen) atoms. The summed E-state index contributed by atoms with van der Waals surface area (Å²) in [6.07, 6.45) is 1.34. The maximum atomic E-state index is 11.1. The Balaban J connectivity index is 2.06. The lowest BCUT2D eigenvalue weighted by molar-refractivity contribution is 0.109. The summed E-state index contributed by atoms with van der Waals surface area (Å²) < 4.78 is 2.64. The summed E-state index contributed by atoms with van der Waals surface area (Å²) in [4.78, 5) is 11.1. The van der Waals surface area contributed by atoms with Gasteiger partial charge in [0.25, 0.3) is 0 Å². The third kappa shape index (κ3) is 3.00. The highest BCUT2D eigenvalue weighted by molar-refractivity contribution is 7.97. The molecule has 1 aliphatic heterocycles. The molecule has 1 aromatic carbocycles. The molecule has 92 valence electrons. The predicted octanol–water partition coefficient (Wildman–Crippen LogP) is 3.17. The van der Waals surface area contributed by atoms with E-state index in [0.717, 1.165) is 6.54 Å². The minimum atomic E-state index is -1.14. The molecule has 1 aliphatic rings. The second-order valence-electron chi connectivity index (χ2n) is 5.34. The minimum Gasteiger partial charge on any atom is -0.320 e. The Kier molecular flexibility index (Phi) is 3.75. The van der Waals surface area contributed by atoms with Crippen LogP contribution in [0.5, 0.6) is 0 Å². The number of benzene rings is 1. The number of thiol groups is 1. The van der Waals surface area contributed by atoms with Crippen LogP contribution in [0.2, 0.25) is 19.1 Å². The lowest BCUT2D eigenvalue weighted by Gasteiger charge is -2.29. The number of hydrogen-bond acceptors (Lipinski definition) is 2. The van der Waals surface area contributed by atoms with E-state index in [4.69, 9.17) is 0 Å². The molecule has 0 N–H and O–H groups in total. The van der Waals surface area contributed by atoms with Crippen LogP contribution in [-0.4, -0.2) is 24.5 Å². The van der Waals surface area contributed by atoms with Gasteiger partial charge < -0.3 is 4.57 Å². The summed E-state index contributed by atoms with van der Waals surface area (Å²) in [5.74, 6) is 0. The maximum Gasteiger partial charge on any atom is 0.216 e. The standard InChI is InChI=1S/C13H19NOSSi/c1-17(2)9-3-8-14(17)10-11-4-6-12(7-5-11)13(15)16/h4-7H,3,8-10H2,1-2H3,(H,15,16). The van der Waals surface area contributed by atoms with E-state index < -0.39 is 8.24 Å². The van der Waals surface area contributed by atoms with E-state index >= 15 is 0 Å². The zero-order valence-electron chi connectivity index (χ0n) is 10.4. The van der Waals surface area contributed by atoms with E-state index in [9.17, 15) is 4.79 Å². The first-order chi connectivity index (χ1) is 7.99. The first-order valence-electron chi connectivity index (χ1n) is 6.06. The molecule has 0 unspecified atom stereocenters. The van der Waals surface area contributed by atoms with Crippen molar-refractivity contribution in [3.8, 4) is 0 Å². The van der Waals surface area contributed by atoms with Gasteiger partial charge in [-0.15, -0.1) is 12.6 Å². The molecule has 1 saturated heterocycles. The van der Waals surface area contributed by atoms with Crippen LogP contribution >= 0.6 is 12.6 Å². The molecular formula is C13H19NOSSi. The van der Waals surface area contributed by atoms with Crippen molar-refractivity contribution < 1.29 is 4.79 Å². The van der Waals surface area contributed by atoms with Gasteiger partial charge in [-0.1, -0.05) is 37.4 Å². The normalized spacial score (nSPS) is 19.5. The van der Waals surface area contributed by atoms with Crippen molar-refractivity contribution in [1.82, 2.24) is 4.57 Å². The molecule has 0 atom stereocenters. The summed E-state index contributed by atoms with van der Waals surface area (Å²) in [5, 5.41) is -0.160. The lowest BCUT2D eigenvalue weighted by atomic mass is 10.1. The molecule has 0 aliphatic carbocycles. The van der Waals surface area contributed by atoms with Gasteiger partial charge in [0.05, 0.1) is 0 Å². The molecule has 4 heteroatoms. The quantitative estimate of drug-likeness (QED) is 0.669. The zero-order valence-corrected chi connectivity index (χ0v) is 12.3. The second kappa shape index (κ2) is 4.96. The highest BCUT2D eigenvalue weighted by Gasteiger charge is 2.33. The van der Waals surface area contributed by atoms with Crippen LogP contribution in [0.1, 0.15) is 22.3 Å². The Labute approximate surface area is 110 Å². The Bertz CT molecular complexity index is 416. The van der Waals surface area contributed by atoms with Crippen molar-refractivity contribution in [2.75, 3.05) is 6.54 Å². The van der Waals surface area contributed by atoms with Crippen molar-refractivity contribution in [2.45, 2.75) is 32.1 Å². The molecule has 0 bridgehead atoms. The van der Waals surface area contributed by atoms with E-state index in [-0.39, 0.29) is 5.12 Å². The largest absolute Gasteiger partial charge is 0.320 e. The summed E-state index contributed by atoms with van der Waals surface area (Å²) in [7, 11) is -1.14. The Morgan fingerprint density at radius 2 is 2.00 bits per heavy atom. The average Bonchev–Trinajstić information content (AvgIpc) is 2.59. The number of nitrogens with zero attached hydrogens (tertiary/aromatic N) is 1. The number of rotatable bonds is 3. The highest BCUT2D eigenvalue weighted by Crippen LogP contribution is 2.27. The third-order valence-corrected chi connectivity index (χ3v) is 7.58. The van der Waals surface area contributed by atoms with Gasteiger partial charge in [-0.25, -0.2) is 0 Å². The monoisotopic (exact) mass is 265 g/mol. The van der Waals surface area contributed by atoms with Gasteiger partial charge in [-0.05, 0) is 24.6 Å². The molecule has 0 spiro atoms. The van der Waals surface area contributed by atoms with Crippen molar-refractivity contribution in [2.24, 2.45) is 0 Å². The van der Waals surface area contributed by atoms with Crippen molar-refractivity contribution in [3.63, 3.8) is 0 Å². The Morgan fingerprint density at radius 3 is 2.47 bits per heavy atom. The first kappa shape index (κ1) is 12.9. The van der Waals surface area contributed by atoms with Crippen LogP contribution < -0.4 is 0 Å². The molecule has 0 saturated carbocycles. The van der Waals surface area contributed by atoms with Gasteiger partial charge in [0.1, 0.15) is 8.24 Å². The summed E-state index contributed by atoms with van der Waals surface area (Å²) in [6.45, 7) is 7.13. The SMILES string of the molecule is C[Si]1(C)CCCN1Cc1ccc(C(=O)S)cc1. The predicted molar refractivity (Wildman–Crippen MR) is 77.1 cm³/mol. The topological polar surface area (TPSA) is 20.3 Å². The number of hydrogen-bond donors (Lipinski definition) is 1. The Hall–Kier alpha value is -0.583. The van der Waals surface area contributed by atoms with E-state index in [1.54, 1.807) is 0 Å². The van der Waals surface area contributed by atoms with Crippen LogP contribution in [-0.2, 0) is 6.54 Å². The van der Waals surface area contributed by atoms with Gasteiger partial charge >= 0.3 is 0 Å². The molecule has 1 fully saturated rings. The van der Waals surface area contributed by atoms with Gasteiger partial charge in [-0.2, -0.15) is 0 Å². The maximum absolute atomic E-state index is 11.1.